The number of amides is 1. The number of hydrogen-bond acceptors (Lipinski definition) is 5. The zero-order valence-corrected chi connectivity index (χ0v) is 15.2. The number of methoxy groups -OCH3 is 1. The average molecular weight is 356 g/mol. The molecule has 26 heavy (non-hydrogen) atoms. The maximum absolute atomic E-state index is 12.6. The number of nitrogens with zero attached hydrogens (tertiary/aromatic N) is 1. The van der Waals surface area contributed by atoms with E-state index in [9.17, 15) is 4.79 Å². The van der Waals surface area contributed by atoms with Crippen LogP contribution in [0.25, 0.3) is 0 Å². The first-order chi connectivity index (χ1) is 12.7. The molecule has 0 spiro atoms. The summed E-state index contributed by atoms with van der Waals surface area (Å²) in [6, 6.07) is 13.0. The number of carbonyl (C=O) groups is 1. The molecule has 0 saturated carbocycles. The van der Waals surface area contributed by atoms with Crippen molar-refractivity contribution in [3.63, 3.8) is 0 Å². The summed E-state index contributed by atoms with van der Waals surface area (Å²) in [6.07, 6.45) is 0. The zero-order chi connectivity index (χ0) is 18.4. The Labute approximate surface area is 153 Å². The van der Waals surface area contributed by atoms with Crippen LogP contribution in [0.3, 0.4) is 0 Å². The Morgan fingerprint density at radius 2 is 1.96 bits per heavy atom. The van der Waals surface area contributed by atoms with Gasteiger partial charge in [0.15, 0.2) is 11.5 Å². The van der Waals surface area contributed by atoms with Crippen molar-refractivity contribution >= 4 is 17.3 Å². The second-order valence-corrected chi connectivity index (χ2v) is 5.90. The SMILES string of the molecule is CCOc1cc(C(=O)Nc2cccc(N3CCOCC3)c2)ccc1OC. The van der Waals surface area contributed by atoms with Gasteiger partial charge in [0.2, 0.25) is 0 Å². The van der Waals surface area contributed by atoms with Crippen LogP contribution in [0.2, 0.25) is 0 Å². The van der Waals surface area contributed by atoms with Gasteiger partial charge in [-0.05, 0) is 43.3 Å². The summed E-state index contributed by atoms with van der Waals surface area (Å²) in [5.41, 5.74) is 2.36. The normalized spacial score (nSPS) is 14.0. The molecular formula is C20H24N2O4. The summed E-state index contributed by atoms with van der Waals surface area (Å²) in [5, 5.41) is 2.95. The van der Waals surface area contributed by atoms with E-state index >= 15 is 0 Å². The van der Waals surface area contributed by atoms with E-state index in [4.69, 9.17) is 14.2 Å². The highest BCUT2D eigenvalue weighted by molar-refractivity contribution is 6.04. The molecule has 2 aromatic rings. The second-order valence-electron chi connectivity index (χ2n) is 5.90. The minimum Gasteiger partial charge on any atom is -0.493 e. The molecule has 0 radical (unpaired) electrons. The van der Waals surface area contributed by atoms with E-state index in [1.165, 1.54) is 0 Å². The first-order valence-corrected chi connectivity index (χ1v) is 8.76. The minimum absolute atomic E-state index is 0.187. The largest absolute Gasteiger partial charge is 0.493 e. The van der Waals surface area contributed by atoms with Gasteiger partial charge >= 0.3 is 0 Å². The lowest BCUT2D eigenvalue weighted by Gasteiger charge is -2.29. The molecule has 1 amide bonds. The fraction of sp³-hybridized carbons (Fsp3) is 0.350. The first-order valence-electron chi connectivity index (χ1n) is 8.76. The fourth-order valence-electron chi connectivity index (χ4n) is 2.89. The van der Waals surface area contributed by atoms with E-state index in [0.717, 1.165) is 37.7 Å². The maximum atomic E-state index is 12.6. The van der Waals surface area contributed by atoms with E-state index in [-0.39, 0.29) is 5.91 Å². The molecule has 1 aliphatic rings. The Morgan fingerprint density at radius 1 is 1.15 bits per heavy atom. The third-order valence-corrected chi connectivity index (χ3v) is 4.21. The van der Waals surface area contributed by atoms with Crippen LogP contribution in [-0.4, -0.2) is 45.9 Å². The highest BCUT2D eigenvalue weighted by Crippen LogP contribution is 2.28. The molecule has 138 valence electrons. The summed E-state index contributed by atoms with van der Waals surface area (Å²) in [7, 11) is 1.58. The quantitative estimate of drug-likeness (QED) is 0.861. The van der Waals surface area contributed by atoms with Gasteiger partial charge in [-0.1, -0.05) is 6.07 Å². The highest BCUT2D eigenvalue weighted by Gasteiger charge is 2.14. The average Bonchev–Trinajstić information content (AvgIpc) is 2.69. The summed E-state index contributed by atoms with van der Waals surface area (Å²) in [5.74, 6) is 0.982. The molecule has 0 unspecified atom stereocenters. The summed E-state index contributed by atoms with van der Waals surface area (Å²) in [6.45, 7) is 5.55. The van der Waals surface area contributed by atoms with Crippen LogP contribution in [0.1, 0.15) is 17.3 Å². The molecule has 0 aliphatic carbocycles. The third kappa shape index (κ3) is 4.26. The molecule has 0 atom stereocenters. The van der Waals surface area contributed by atoms with Crippen LogP contribution in [0.4, 0.5) is 11.4 Å². The van der Waals surface area contributed by atoms with Gasteiger partial charge in [-0.25, -0.2) is 0 Å². The molecule has 6 heteroatoms. The Balaban J connectivity index is 1.74. The van der Waals surface area contributed by atoms with Crippen molar-refractivity contribution < 1.29 is 19.0 Å². The second kappa shape index (κ2) is 8.58. The number of rotatable bonds is 6. The molecular weight excluding hydrogens is 332 g/mol. The lowest BCUT2D eigenvalue weighted by Crippen LogP contribution is -2.36. The maximum Gasteiger partial charge on any atom is 0.255 e. The number of morpholine rings is 1. The van der Waals surface area contributed by atoms with Crippen molar-refractivity contribution in [2.45, 2.75) is 6.92 Å². The molecule has 0 bridgehead atoms. The van der Waals surface area contributed by atoms with Crippen molar-refractivity contribution in [3.8, 4) is 11.5 Å². The minimum atomic E-state index is -0.187. The number of nitrogens with one attached hydrogen (secondary N) is 1. The molecule has 1 aliphatic heterocycles. The zero-order valence-electron chi connectivity index (χ0n) is 15.2. The van der Waals surface area contributed by atoms with E-state index in [1.807, 2.05) is 31.2 Å². The van der Waals surface area contributed by atoms with Crippen LogP contribution < -0.4 is 19.7 Å². The first kappa shape index (κ1) is 18.1. The van der Waals surface area contributed by atoms with Crippen LogP contribution in [-0.2, 0) is 4.74 Å². The topological polar surface area (TPSA) is 60.0 Å². The van der Waals surface area contributed by atoms with Crippen molar-refractivity contribution in [1.82, 2.24) is 0 Å². The van der Waals surface area contributed by atoms with Gasteiger partial charge in [0.1, 0.15) is 0 Å². The van der Waals surface area contributed by atoms with Gasteiger partial charge in [0, 0.05) is 30.0 Å². The lowest BCUT2D eigenvalue weighted by molar-refractivity contribution is 0.102. The van der Waals surface area contributed by atoms with Crippen LogP contribution in [0.5, 0.6) is 11.5 Å². The molecule has 6 nitrogen and oxygen atoms in total. The van der Waals surface area contributed by atoms with E-state index in [2.05, 4.69) is 10.2 Å². The Hall–Kier alpha value is -2.73. The molecule has 3 rings (SSSR count). The van der Waals surface area contributed by atoms with Gasteiger partial charge < -0.3 is 24.4 Å². The van der Waals surface area contributed by atoms with Gasteiger partial charge in [0.25, 0.3) is 5.91 Å². The van der Waals surface area contributed by atoms with E-state index in [1.54, 1.807) is 25.3 Å². The molecule has 1 N–H and O–H groups in total. The molecule has 1 fully saturated rings. The number of benzene rings is 2. The van der Waals surface area contributed by atoms with E-state index in [0.29, 0.717) is 23.7 Å². The van der Waals surface area contributed by atoms with Gasteiger partial charge in [-0.3, -0.25) is 4.79 Å². The lowest BCUT2D eigenvalue weighted by atomic mass is 10.1. The number of hydrogen-bond donors (Lipinski definition) is 1. The van der Waals surface area contributed by atoms with Crippen LogP contribution in [0, 0.1) is 0 Å². The highest BCUT2D eigenvalue weighted by atomic mass is 16.5. The monoisotopic (exact) mass is 356 g/mol. The number of ether oxygens (including phenoxy) is 3. The summed E-state index contributed by atoms with van der Waals surface area (Å²) >= 11 is 0. The van der Waals surface area contributed by atoms with E-state index < -0.39 is 0 Å². The third-order valence-electron chi connectivity index (χ3n) is 4.21. The van der Waals surface area contributed by atoms with Crippen LogP contribution in [0.15, 0.2) is 42.5 Å². The predicted molar refractivity (Wildman–Crippen MR) is 102 cm³/mol. The number of carbonyl (C=O) groups excluding carboxylic acids is 1. The van der Waals surface area contributed by atoms with Crippen molar-refractivity contribution in [3.05, 3.63) is 48.0 Å². The smallest absolute Gasteiger partial charge is 0.255 e. The number of anilines is 2. The molecule has 2 aromatic carbocycles. The predicted octanol–water partition coefficient (Wildman–Crippen LogP) is 3.18. The molecule has 1 heterocycles. The Kier molecular flexibility index (Phi) is 5.96. The van der Waals surface area contributed by atoms with Gasteiger partial charge in [0.05, 0.1) is 26.9 Å². The fourth-order valence-corrected chi connectivity index (χ4v) is 2.89. The molecule has 0 aromatic heterocycles. The Morgan fingerprint density at radius 3 is 2.69 bits per heavy atom. The van der Waals surface area contributed by atoms with Gasteiger partial charge in [-0.15, -0.1) is 0 Å². The molecule has 1 saturated heterocycles. The Bertz CT molecular complexity index is 757. The van der Waals surface area contributed by atoms with Crippen molar-refractivity contribution in [2.24, 2.45) is 0 Å². The van der Waals surface area contributed by atoms with Crippen molar-refractivity contribution in [1.29, 1.82) is 0 Å². The van der Waals surface area contributed by atoms with Crippen molar-refractivity contribution in [2.75, 3.05) is 50.2 Å². The van der Waals surface area contributed by atoms with Gasteiger partial charge in [-0.2, -0.15) is 0 Å². The van der Waals surface area contributed by atoms with Crippen LogP contribution >= 0.6 is 0 Å². The summed E-state index contributed by atoms with van der Waals surface area (Å²) < 4.78 is 16.2. The summed E-state index contributed by atoms with van der Waals surface area (Å²) in [4.78, 5) is 14.9. The standard InChI is InChI=1S/C20H24N2O4/c1-3-26-19-13-15(7-8-18(19)24-2)20(23)21-16-5-4-6-17(14-16)22-9-11-25-12-10-22/h4-8,13-14H,3,9-12H2,1-2H3,(H,21,23).